The van der Waals surface area contributed by atoms with Gasteiger partial charge in [-0.3, -0.25) is 14.3 Å². The number of fused-ring (bicyclic) bond motifs is 1. The van der Waals surface area contributed by atoms with Crippen molar-refractivity contribution in [2.24, 2.45) is 0 Å². The number of nitrogens with two attached hydrogens (primary N) is 1. The van der Waals surface area contributed by atoms with Crippen LogP contribution in [-0.2, 0) is 4.74 Å². The molecule has 2 aromatic heterocycles. The molecule has 1 saturated heterocycles. The van der Waals surface area contributed by atoms with Gasteiger partial charge >= 0.3 is 0 Å². The van der Waals surface area contributed by atoms with Crippen molar-refractivity contribution >= 4 is 17.1 Å². The maximum Gasteiger partial charge on any atom is 0.280 e. The smallest absolute Gasteiger partial charge is 0.280 e. The number of H-pyrrole nitrogens is 1. The summed E-state index contributed by atoms with van der Waals surface area (Å²) in [5.74, 6) is 0.00851. The molecule has 2 aromatic rings. The summed E-state index contributed by atoms with van der Waals surface area (Å²) >= 11 is 0. The Morgan fingerprint density at radius 2 is 2.40 bits per heavy atom. The Hall–Kier alpha value is -1.97. The molecule has 3 heterocycles. The number of imidazole rings is 1. The van der Waals surface area contributed by atoms with E-state index in [1.807, 2.05) is 0 Å². The summed E-state index contributed by atoms with van der Waals surface area (Å²) in [4.78, 5) is 22.1. The Morgan fingerprint density at radius 1 is 1.60 bits per heavy atom. The molecule has 5 N–H and O–H groups in total. The molecule has 0 radical (unpaired) electrons. The van der Waals surface area contributed by atoms with E-state index in [9.17, 15) is 9.90 Å². The quantitative estimate of drug-likeness (QED) is 0.550. The zero-order valence-electron chi connectivity index (χ0n) is 10.6. The summed E-state index contributed by atoms with van der Waals surface area (Å²) < 4.78 is 7.28. The Balaban J connectivity index is 1.94. The van der Waals surface area contributed by atoms with Crippen LogP contribution in [0.1, 0.15) is 19.1 Å². The van der Waals surface area contributed by atoms with Crippen LogP contribution in [0.5, 0.6) is 0 Å². The van der Waals surface area contributed by atoms with E-state index in [1.54, 1.807) is 4.57 Å². The van der Waals surface area contributed by atoms with E-state index >= 15 is 0 Å². The first-order valence-electron chi connectivity index (χ1n) is 6.27. The van der Waals surface area contributed by atoms with E-state index in [0.717, 1.165) is 0 Å². The number of nitrogens with zero attached hydrogens (tertiary/aromatic N) is 3. The number of aromatic amines is 1. The van der Waals surface area contributed by atoms with Crippen molar-refractivity contribution in [3.8, 4) is 0 Å². The van der Waals surface area contributed by atoms with Crippen LogP contribution in [0.2, 0.25) is 0 Å². The predicted octanol–water partition coefficient (Wildman–Crippen LogP) is -1.27. The maximum absolute atomic E-state index is 11.7. The van der Waals surface area contributed by atoms with Crippen LogP contribution in [0.15, 0.2) is 11.1 Å². The average Bonchev–Trinajstić information content (AvgIpc) is 3.03. The summed E-state index contributed by atoms with van der Waals surface area (Å²) in [6, 6.07) is 0. The lowest BCUT2D eigenvalue weighted by atomic mass is 10.1. The number of hydrogen-bond acceptors (Lipinski definition) is 7. The second-order valence-corrected chi connectivity index (χ2v) is 4.73. The number of rotatable bonds is 3. The Bertz CT molecular complexity index is 681. The summed E-state index contributed by atoms with van der Waals surface area (Å²) in [6.07, 6.45) is 0.940. The maximum atomic E-state index is 11.7. The molecule has 0 spiro atoms. The number of nitrogen functional groups attached to an aromatic ring is 1. The number of anilines is 1. The highest BCUT2D eigenvalue weighted by molar-refractivity contribution is 5.70. The van der Waals surface area contributed by atoms with Crippen LogP contribution in [0, 0.1) is 0 Å². The third kappa shape index (κ3) is 2.05. The van der Waals surface area contributed by atoms with Crippen LogP contribution >= 0.6 is 0 Å². The Morgan fingerprint density at radius 3 is 3.15 bits per heavy atom. The number of aliphatic hydroxyl groups is 2. The molecular formula is C11H15N5O4. The number of aromatic nitrogens is 4. The first-order valence-corrected chi connectivity index (χ1v) is 6.27. The minimum Gasteiger partial charge on any atom is -0.394 e. The standard InChI is InChI=1S/C11H15N5O4/c12-11-14-9-8(10(19)15-11)13-4-16(9)7-2-1-6(20-7)5(18)3-17/h4-7,17-18H,1-3H2,(H3,12,14,15,19). The fourth-order valence-corrected chi connectivity index (χ4v) is 2.40. The number of aliphatic hydroxyl groups excluding tert-OH is 2. The highest BCUT2D eigenvalue weighted by atomic mass is 16.5. The molecule has 0 amide bonds. The van der Waals surface area contributed by atoms with Gasteiger partial charge in [0.2, 0.25) is 5.95 Å². The zero-order valence-corrected chi connectivity index (χ0v) is 10.6. The molecule has 1 aliphatic heterocycles. The van der Waals surface area contributed by atoms with Gasteiger partial charge in [-0.15, -0.1) is 0 Å². The van der Waals surface area contributed by atoms with Crippen molar-refractivity contribution in [1.82, 2.24) is 19.5 Å². The van der Waals surface area contributed by atoms with E-state index in [2.05, 4.69) is 15.0 Å². The lowest BCUT2D eigenvalue weighted by Gasteiger charge is -2.18. The topological polar surface area (TPSA) is 139 Å². The zero-order chi connectivity index (χ0) is 14.3. The fourth-order valence-electron chi connectivity index (χ4n) is 2.40. The van der Waals surface area contributed by atoms with E-state index < -0.39 is 17.8 Å². The molecule has 3 unspecified atom stereocenters. The highest BCUT2D eigenvalue weighted by Gasteiger charge is 2.32. The van der Waals surface area contributed by atoms with Crippen LogP contribution in [0.4, 0.5) is 5.95 Å². The fraction of sp³-hybridized carbons (Fsp3) is 0.545. The average molecular weight is 281 g/mol. The normalized spacial score (nSPS) is 24.3. The largest absolute Gasteiger partial charge is 0.394 e. The molecule has 3 rings (SSSR count). The molecule has 20 heavy (non-hydrogen) atoms. The van der Waals surface area contributed by atoms with Crippen molar-refractivity contribution in [3.63, 3.8) is 0 Å². The van der Waals surface area contributed by atoms with Gasteiger partial charge in [-0.2, -0.15) is 4.98 Å². The second-order valence-electron chi connectivity index (χ2n) is 4.73. The van der Waals surface area contributed by atoms with E-state index in [-0.39, 0.29) is 24.3 Å². The lowest BCUT2D eigenvalue weighted by Crippen LogP contribution is -2.29. The summed E-state index contributed by atoms with van der Waals surface area (Å²) in [5.41, 5.74) is 5.65. The molecule has 1 fully saturated rings. The van der Waals surface area contributed by atoms with Gasteiger partial charge in [0.1, 0.15) is 12.3 Å². The monoisotopic (exact) mass is 281 g/mol. The van der Waals surface area contributed by atoms with E-state index in [4.69, 9.17) is 15.6 Å². The lowest BCUT2D eigenvalue weighted by molar-refractivity contribution is -0.0729. The minimum atomic E-state index is -0.920. The van der Waals surface area contributed by atoms with E-state index in [0.29, 0.717) is 18.5 Å². The van der Waals surface area contributed by atoms with Crippen molar-refractivity contribution in [3.05, 3.63) is 16.7 Å². The molecule has 3 atom stereocenters. The molecule has 1 aliphatic rings. The molecular weight excluding hydrogens is 266 g/mol. The van der Waals surface area contributed by atoms with Crippen molar-refractivity contribution < 1.29 is 14.9 Å². The Kier molecular flexibility index (Phi) is 3.16. The third-order valence-electron chi connectivity index (χ3n) is 3.41. The van der Waals surface area contributed by atoms with Gasteiger partial charge in [0.05, 0.1) is 19.0 Å². The molecule has 0 aromatic carbocycles. The van der Waals surface area contributed by atoms with Gasteiger partial charge in [0.25, 0.3) is 5.56 Å². The number of hydrogen-bond donors (Lipinski definition) is 4. The van der Waals surface area contributed by atoms with Crippen LogP contribution in [0.25, 0.3) is 11.2 Å². The molecule has 0 saturated carbocycles. The minimum absolute atomic E-state index is 0.00851. The van der Waals surface area contributed by atoms with Crippen molar-refractivity contribution in [2.75, 3.05) is 12.3 Å². The van der Waals surface area contributed by atoms with Crippen molar-refractivity contribution in [2.45, 2.75) is 31.3 Å². The molecule has 9 nitrogen and oxygen atoms in total. The van der Waals surface area contributed by atoms with Gasteiger partial charge < -0.3 is 20.7 Å². The van der Waals surface area contributed by atoms with Gasteiger partial charge in [0, 0.05) is 0 Å². The van der Waals surface area contributed by atoms with Gasteiger partial charge in [-0.1, -0.05) is 0 Å². The van der Waals surface area contributed by atoms with E-state index in [1.165, 1.54) is 6.33 Å². The molecule has 0 aliphatic carbocycles. The summed E-state index contributed by atoms with van der Waals surface area (Å²) in [6.45, 7) is -0.354. The second kappa shape index (κ2) is 4.85. The van der Waals surface area contributed by atoms with Crippen LogP contribution in [0.3, 0.4) is 0 Å². The number of ether oxygens (including phenoxy) is 1. The first kappa shape index (κ1) is 13.0. The highest BCUT2D eigenvalue weighted by Crippen LogP contribution is 2.31. The van der Waals surface area contributed by atoms with Gasteiger partial charge in [0.15, 0.2) is 11.2 Å². The summed E-state index contributed by atoms with van der Waals surface area (Å²) in [7, 11) is 0. The molecule has 9 heteroatoms. The first-order chi connectivity index (χ1) is 9.60. The van der Waals surface area contributed by atoms with Gasteiger partial charge in [-0.05, 0) is 12.8 Å². The third-order valence-corrected chi connectivity index (χ3v) is 3.41. The van der Waals surface area contributed by atoms with Crippen molar-refractivity contribution in [1.29, 1.82) is 0 Å². The SMILES string of the molecule is Nc1nc2c(ncn2C2CCC(C(O)CO)O2)c(=O)[nH]1. The molecule has 108 valence electrons. The van der Waals surface area contributed by atoms with Gasteiger partial charge in [-0.25, -0.2) is 4.98 Å². The molecule has 0 bridgehead atoms. The van der Waals surface area contributed by atoms with Crippen LogP contribution < -0.4 is 11.3 Å². The Labute approximate surface area is 113 Å². The predicted molar refractivity (Wildman–Crippen MR) is 68.8 cm³/mol. The number of nitrogens with one attached hydrogen (secondary N) is 1. The summed E-state index contributed by atoms with van der Waals surface area (Å²) in [5, 5.41) is 18.5. The van der Waals surface area contributed by atoms with Crippen LogP contribution in [-0.4, -0.2) is 48.5 Å².